The number of hydrogen-bond acceptors (Lipinski definition) is 8. The highest BCUT2D eigenvalue weighted by Crippen LogP contribution is 2.23. The number of carbonyl (C=O) groups excluding carboxylic acids is 1. The molecule has 0 fully saturated rings. The quantitative estimate of drug-likeness (QED) is 0.357. The topological polar surface area (TPSA) is 145 Å². The number of aryl methyl sites for hydroxylation is 1. The van der Waals surface area contributed by atoms with Gasteiger partial charge in [-0.25, -0.2) is 17.8 Å². The van der Waals surface area contributed by atoms with Gasteiger partial charge < -0.3 is 14.6 Å². The third-order valence-corrected chi connectivity index (χ3v) is 7.12. The van der Waals surface area contributed by atoms with Crippen molar-refractivity contribution in [3.63, 3.8) is 0 Å². The van der Waals surface area contributed by atoms with Crippen LogP contribution < -0.4 is 20.3 Å². The normalized spacial score (nSPS) is 12.1. The summed E-state index contributed by atoms with van der Waals surface area (Å²) in [5.41, 5.74) is 2.34. The van der Waals surface area contributed by atoms with Gasteiger partial charge in [-0.05, 0) is 75.4 Å². The predicted molar refractivity (Wildman–Crippen MR) is 137 cm³/mol. The van der Waals surface area contributed by atoms with Crippen molar-refractivity contribution in [3.8, 4) is 17.0 Å². The van der Waals surface area contributed by atoms with Gasteiger partial charge in [0.25, 0.3) is 15.6 Å². The fourth-order valence-corrected chi connectivity index (χ4v) is 4.43. The summed E-state index contributed by atoms with van der Waals surface area (Å²) in [4.78, 5) is 25.3. The lowest BCUT2D eigenvalue weighted by molar-refractivity contribution is -0.119. The number of carbonyl (C=O) groups is 1. The Labute approximate surface area is 213 Å². The van der Waals surface area contributed by atoms with Crippen LogP contribution in [0.4, 0.5) is 11.6 Å². The Morgan fingerprint density at radius 2 is 1.70 bits per heavy atom. The van der Waals surface area contributed by atoms with Crippen LogP contribution in [0.25, 0.3) is 11.3 Å². The van der Waals surface area contributed by atoms with Crippen LogP contribution in [-0.2, 0) is 14.8 Å². The molecule has 0 spiro atoms. The average Bonchev–Trinajstić information content (AvgIpc) is 3.20. The third-order valence-electron chi connectivity index (χ3n) is 5.77. The van der Waals surface area contributed by atoms with Gasteiger partial charge in [0.2, 0.25) is 11.8 Å². The second-order valence-corrected chi connectivity index (χ2v) is 9.93. The lowest BCUT2D eigenvalue weighted by atomic mass is 10.1. The van der Waals surface area contributed by atoms with Crippen molar-refractivity contribution in [2.45, 2.75) is 31.7 Å². The van der Waals surface area contributed by atoms with Crippen molar-refractivity contribution in [1.29, 1.82) is 0 Å². The van der Waals surface area contributed by atoms with Crippen LogP contribution in [0, 0.1) is 13.8 Å². The zero-order valence-corrected chi connectivity index (χ0v) is 21.4. The maximum absolute atomic E-state index is 12.9. The van der Waals surface area contributed by atoms with Crippen molar-refractivity contribution >= 4 is 27.5 Å². The molecule has 2 N–H and O–H groups in total. The second kappa shape index (κ2) is 10.3. The zero-order valence-electron chi connectivity index (χ0n) is 20.6. The summed E-state index contributed by atoms with van der Waals surface area (Å²) in [5, 5.41) is 10.8. The summed E-state index contributed by atoms with van der Waals surface area (Å²) in [7, 11) is -2.36. The lowest BCUT2D eigenvalue weighted by Crippen LogP contribution is -2.33. The standard InChI is InChI=1S/C25H25N5O6S/c1-15-16(2)28-36-25(15)29-37(33,34)21-11-7-19(8-12-21)26-24(32)17(3)30-23(31)14-13-22(27-30)18-5-9-20(35-4)10-6-18/h5-14,17,29H,1-4H3,(H,26,32). The van der Waals surface area contributed by atoms with E-state index in [-0.39, 0.29) is 10.8 Å². The minimum atomic E-state index is -3.93. The van der Waals surface area contributed by atoms with E-state index in [9.17, 15) is 18.0 Å². The number of ether oxygens (including phenoxy) is 1. The van der Waals surface area contributed by atoms with E-state index < -0.39 is 27.5 Å². The van der Waals surface area contributed by atoms with E-state index in [1.807, 2.05) is 0 Å². The highest BCUT2D eigenvalue weighted by Gasteiger charge is 2.21. The van der Waals surface area contributed by atoms with Crippen LogP contribution in [-0.4, -0.2) is 36.4 Å². The number of aromatic nitrogens is 3. The van der Waals surface area contributed by atoms with Gasteiger partial charge in [0.1, 0.15) is 11.8 Å². The van der Waals surface area contributed by atoms with Crippen molar-refractivity contribution in [1.82, 2.24) is 14.9 Å². The Morgan fingerprint density at radius 1 is 1.03 bits per heavy atom. The van der Waals surface area contributed by atoms with Gasteiger partial charge >= 0.3 is 0 Å². The number of nitrogens with zero attached hydrogens (tertiary/aromatic N) is 3. The van der Waals surface area contributed by atoms with E-state index in [4.69, 9.17) is 9.26 Å². The van der Waals surface area contributed by atoms with Crippen molar-refractivity contribution in [3.05, 3.63) is 82.3 Å². The largest absolute Gasteiger partial charge is 0.497 e. The molecule has 192 valence electrons. The van der Waals surface area contributed by atoms with Crippen LogP contribution in [0.1, 0.15) is 24.2 Å². The van der Waals surface area contributed by atoms with Gasteiger partial charge in [-0.2, -0.15) is 5.10 Å². The average molecular weight is 524 g/mol. The molecule has 1 atom stereocenters. The first-order chi connectivity index (χ1) is 17.6. The number of methoxy groups -OCH3 is 1. The number of hydrogen-bond donors (Lipinski definition) is 2. The SMILES string of the molecule is COc1ccc(-c2ccc(=O)n(C(C)C(=O)Nc3ccc(S(=O)(=O)Nc4onc(C)c4C)cc3)n2)cc1. The Bertz CT molecular complexity index is 1590. The minimum absolute atomic E-state index is 0.0305. The zero-order chi connectivity index (χ0) is 26.7. The van der Waals surface area contributed by atoms with Crippen molar-refractivity contribution < 1.29 is 22.5 Å². The van der Waals surface area contributed by atoms with E-state index in [1.54, 1.807) is 58.2 Å². The number of benzene rings is 2. The molecule has 12 heteroatoms. The molecule has 0 aliphatic heterocycles. The van der Waals surface area contributed by atoms with Crippen LogP contribution in [0.5, 0.6) is 5.75 Å². The minimum Gasteiger partial charge on any atom is -0.497 e. The van der Waals surface area contributed by atoms with E-state index in [2.05, 4.69) is 20.3 Å². The summed E-state index contributed by atoms with van der Waals surface area (Å²) < 4.78 is 39.0. The smallest absolute Gasteiger partial charge is 0.267 e. The summed E-state index contributed by atoms with van der Waals surface area (Å²) in [6, 6.07) is 14.7. The molecular formula is C25H25N5O6S. The van der Waals surface area contributed by atoms with Crippen LogP contribution in [0.2, 0.25) is 0 Å². The number of nitrogens with one attached hydrogen (secondary N) is 2. The molecule has 2 heterocycles. The van der Waals surface area contributed by atoms with Gasteiger partial charge in [-0.1, -0.05) is 5.16 Å². The fraction of sp³-hybridized carbons (Fsp3) is 0.200. The lowest BCUT2D eigenvalue weighted by Gasteiger charge is -2.15. The van der Waals surface area contributed by atoms with Crippen LogP contribution in [0.15, 0.2) is 74.9 Å². The summed E-state index contributed by atoms with van der Waals surface area (Å²) in [5.74, 6) is 0.226. The van der Waals surface area contributed by atoms with Crippen LogP contribution >= 0.6 is 0 Å². The van der Waals surface area contributed by atoms with Gasteiger partial charge in [-0.3, -0.25) is 9.59 Å². The number of amides is 1. The van der Waals surface area contributed by atoms with E-state index in [1.165, 1.54) is 30.3 Å². The maximum atomic E-state index is 12.9. The predicted octanol–water partition coefficient (Wildman–Crippen LogP) is 3.52. The molecule has 0 saturated carbocycles. The first-order valence-corrected chi connectivity index (χ1v) is 12.7. The fourth-order valence-electron chi connectivity index (χ4n) is 3.39. The molecule has 0 saturated heterocycles. The van der Waals surface area contributed by atoms with E-state index in [0.717, 1.165) is 10.2 Å². The van der Waals surface area contributed by atoms with Gasteiger partial charge in [0.15, 0.2) is 0 Å². The molecule has 4 aromatic rings. The molecule has 1 amide bonds. The molecule has 2 aromatic heterocycles. The maximum Gasteiger partial charge on any atom is 0.267 e. The highest BCUT2D eigenvalue weighted by molar-refractivity contribution is 7.92. The summed E-state index contributed by atoms with van der Waals surface area (Å²) in [6.45, 7) is 4.94. The Morgan fingerprint density at radius 3 is 2.30 bits per heavy atom. The Hall–Kier alpha value is -4.45. The molecule has 0 aliphatic carbocycles. The molecule has 11 nitrogen and oxygen atoms in total. The molecular weight excluding hydrogens is 498 g/mol. The molecule has 0 radical (unpaired) electrons. The van der Waals surface area contributed by atoms with Gasteiger partial charge in [-0.15, -0.1) is 0 Å². The Kier molecular flexibility index (Phi) is 7.11. The van der Waals surface area contributed by atoms with Gasteiger partial charge in [0, 0.05) is 22.9 Å². The van der Waals surface area contributed by atoms with Gasteiger partial charge in [0.05, 0.1) is 23.4 Å². The van der Waals surface area contributed by atoms with E-state index >= 15 is 0 Å². The molecule has 37 heavy (non-hydrogen) atoms. The Balaban J connectivity index is 1.48. The monoisotopic (exact) mass is 523 g/mol. The molecule has 0 aliphatic rings. The molecule has 4 rings (SSSR count). The second-order valence-electron chi connectivity index (χ2n) is 8.25. The molecule has 2 aromatic carbocycles. The third kappa shape index (κ3) is 5.54. The molecule has 1 unspecified atom stereocenters. The number of rotatable bonds is 8. The van der Waals surface area contributed by atoms with Crippen molar-refractivity contribution in [2.75, 3.05) is 17.1 Å². The highest BCUT2D eigenvalue weighted by atomic mass is 32.2. The van der Waals surface area contributed by atoms with Crippen molar-refractivity contribution in [2.24, 2.45) is 0 Å². The van der Waals surface area contributed by atoms with E-state index in [0.29, 0.717) is 28.4 Å². The molecule has 0 bridgehead atoms. The van der Waals surface area contributed by atoms with Crippen LogP contribution in [0.3, 0.4) is 0 Å². The number of sulfonamides is 1. The first-order valence-electron chi connectivity index (χ1n) is 11.2. The first kappa shape index (κ1) is 25.6. The summed E-state index contributed by atoms with van der Waals surface area (Å²) in [6.07, 6.45) is 0. The number of anilines is 2. The summed E-state index contributed by atoms with van der Waals surface area (Å²) >= 11 is 0.